The predicted molar refractivity (Wildman–Crippen MR) is 115 cm³/mol. The van der Waals surface area contributed by atoms with Gasteiger partial charge in [-0.3, -0.25) is 9.79 Å². The van der Waals surface area contributed by atoms with E-state index >= 15 is 0 Å². The van der Waals surface area contributed by atoms with Crippen molar-refractivity contribution in [2.24, 2.45) is 4.99 Å². The summed E-state index contributed by atoms with van der Waals surface area (Å²) in [4.78, 5) is 21.4. The van der Waals surface area contributed by atoms with Crippen LogP contribution in [0.2, 0.25) is 4.34 Å². The number of rotatable bonds is 5. The van der Waals surface area contributed by atoms with Crippen LogP contribution in [0.25, 0.3) is 11.4 Å². The normalized spacial score (nSPS) is 11.6. The van der Waals surface area contributed by atoms with Crippen LogP contribution in [0.15, 0.2) is 78.3 Å². The number of nitrogens with zero attached hydrogens (tertiary/aromatic N) is 4. The van der Waals surface area contributed by atoms with E-state index in [4.69, 9.17) is 11.6 Å². The van der Waals surface area contributed by atoms with Crippen LogP contribution in [0, 0.1) is 0 Å². The van der Waals surface area contributed by atoms with Crippen molar-refractivity contribution in [3.05, 3.63) is 93.7 Å². The lowest BCUT2D eigenvalue weighted by molar-refractivity contribution is 0.0954. The van der Waals surface area contributed by atoms with Gasteiger partial charge >= 0.3 is 0 Å². The van der Waals surface area contributed by atoms with Crippen molar-refractivity contribution in [1.29, 1.82) is 0 Å². The molecule has 0 aliphatic heterocycles. The van der Waals surface area contributed by atoms with E-state index in [0.717, 1.165) is 22.6 Å². The lowest BCUT2D eigenvalue weighted by Crippen LogP contribution is -2.21. The average Bonchev–Trinajstić information content (AvgIpc) is 3.41. The summed E-state index contributed by atoms with van der Waals surface area (Å²) >= 11 is 7.13. The Morgan fingerprint density at radius 1 is 1.14 bits per heavy atom. The molecule has 6 nitrogen and oxygen atoms in total. The molecule has 1 aromatic carbocycles. The van der Waals surface area contributed by atoms with E-state index in [1.165, 1.54) is 11.3 Å². The summed E-state index contributed by atoms with van der Waals surface area (Å²) in [6.45, 7) is 0.348. The van der Waals surface area contributed by atoms with Gasteiger partial charge in [-0.2, -0.15) is 0 Å². The molecule has 1 N–H and O–H groups in total. The molecule has 0 saturated carbocycles. The second-order valence-corrected chi connectivity index (χ2v) is 7.94. The molecule has 0 aliphatic carbocycles. The molecule has 0 unspecified atom stereocenters. The molecule has 0 spiro atoms. The zero-order valence-electron chi connectivity index (χ0n) is 15.6. The first-order valence-corrected chi connectivity index (χ1v) is 10.1. The van der Waals surface area contributed by atoms with Crippen molar-refractivity contribution in [3.63, 3.8) is 0 Å². The molecular weight excluding hydrogens is 406 g/mol. The maximum absolute atomic E-state index is 12.1. The number of carbonyl (C=O) groups is 1. The Hall–Kier alpha value is -3.16. The summed E-state index contributed by atoms with van der Waals surface area (Å²) in [6, 6.07) is 17.4. The zero-order chi connectivity index (χ0) is 20.2. The molecule has 3 aromatic heterocycles. The van der Waals surface area contributed by atoms with Gasteiger partial charge in [-0.15, -0.1) is 11.3 Å². The van der Waals surface area contributed by atoms with Crippen LogP contribution in [-0.4, -0.2) is 27.1 Å². The molecule has 146 valence electrons. The zero-order valence-corrected chi connectivity index (χ0v) is 17.2. The first kappa shape index (κ1) is 19.2. The minimum Gasteiger partial charge on any atom is -0.346 e. The van der Waals surface area contributed by atoms with Crippen LogP contribution >= 0.6 is 22.9 Å². The third-order valence-electron chi connectivity index (χ3n) is 4.36. The number of imidazole rings is 1. The standard InChI is InChI=1S/C21H18ClN5OS/c1-23-20-4-2-3-11-27(20)17-7-5-16(6-8-17)26-13-15(25-14-26)12-24-21(28)18-9-10-19(22)29-18/h2-11,13-14H,12H2,1H3,(H,24,28). The fraction of sp³-hybridized carbons (Fsp3) is 0.0952. The molecule has 29 heavy (non-hydrogen) atoms. The first-order valence-electron chi connectivity index (χ1n) is 8.92. The van der Waals surface area contributed by atoms with E-state index in [2.05, 4.69) is 15.3 Å². The number of amides is 1. The number of halogens is 1. The minimum atomic E-state index is -0.155. The average molecular weight is 424 g/mol. The van der Waals surface area contributed by atoms with Crippen LogP contribution in [-0.2, 0) is 6.54 Å². The number of carbonyl (C=O) groups excluding carboxylic acids is 1. The second kappa shape index (κ2) is 8.46. The molecule has 0 radical (unpaired) electrons. The molecule has 0 atom stereocenters. The third kappa shape index (κ3) is 4.31. The number of thiophene rings is 1. The number of hydrogen-bond donors (Lipinski definition) is 1. The lowest BCUT2D eigenvalue weighted by Gasteiger charge is -2.08. The number of pyridine rings is 1. The van der Waals surface area contributed by atoms with Crippen LogP contribution in [0.5, 0.6) is 0 Å². The molecule has 0 saturated heterocycles. The fourth-order valence-electron chi connectivity index (χ4n) is 2.91. The van der Waals surface area contributed by atoms with Crippen molar-refractivity contribution >= 4 is 28.8 Å². The molecule has 1 amide bonds. The topological polar surface area (TPSA) is 64.2 Å². The number of aromatic nitrogens is 3. The van der Waals surface area contributed by atoms with Gasteiger partial charge in [0, 0.05) is 30.8 Å². The van der Waals surface area contributed by atoms with Crippen LogP contribution in [0.4, 0.5) is 0 Å². The highest BCUT2D eigenvalue weighted by molar-refractivity contribution is 7.17. The van der Waals surface area contributed by atoms with E-state index < -0.39 is 0 Å². The first-order chi connectivity index (χ1) is 14.1. The van der Waals surface area contributed by atoms with E-state index in [1.54, 1.807) is 25.5 Å². The maximum Gasteiger partial charge on any atom is 0.261 e. The van der Waals surface area contributed by atoms with Gasteiger partial charge in [-0.05, 0) is 48.5 Å². The molecule has 4 rings (SSSR count). The Labute approximate surface area is 176 Å². The van der Waals surface area contributed by atoms with E-state index in [9.17, 15) is 4.79 Å². The van der Waals surface area contributed by atoms with Crippen LogP contribution < -0.4 is 10.8 Å². The summed E-state index contributed by atoms with van der Waals surface area (Å²) in [5.74, 6) is -0.155. The second-order valence-electron chi connectivity index (χ2n) is 6.23. The summed E-state index contributed by atoms with van der Waals surface area (Å²) < 4.78 is 4.54. The molecule has 0 fully saturated rings. The SMILES string of the molecule is CN=c1ccccn1-c1ccc(-n2cnc(CNC(=O)c3ccc(Cl)s3)c2)cc1. The van der Waals surface area contributed by atoms with Gasteiger partial charge in [0.05, 0.1) is 27.8 Å². The quantitative estimate of drug-likeness (QED) is 0.530. The smallest absolute Gasteiger partial charge is 0.261 e. The molecule has 0 bridgehead atoms. The van der Waals surface area contributed by atoms with Crippen molar-refractivity contribution in [3.8, 4) is 11.4 Å². The van der Waals surface area contributed by atoms with Gasteiger partial charge < -0.3 is 14.5 Å². The Kier molecular flexibility index (Phi) is 5.59. The van der Waals surface area contributed by atoms with Gasteiger partial charge in [0.15, 0.2) is 0 Å². The van der Waals surface area contributed by atoms with Crippen molar-refractivity contribution in [2.45, 2.75) is 6.54 Å². The Balaban J connectivity index is 1.46. The highest BCUT2D eigenvalue weighted by Gasteiger charge is 2.09. The highest BCUT2D eigenvalue weighted by Crippen LogP contribution is 2.21. The lowest BCUT2D eigenvalue weighted by atomic mass is 10.2. The Morgan fingerprint density at radius 3 is 2.66 bits per heavy atom. The van der Waals surface area contributed by atoms with Gasteiger partial charge in [-0.1, -0.05) is 17.7 Å². The highest BCUT2D eigenvalue weighted by atomic mass is 35.5. The summed E-state index contributed by atoms with van der Waals surface area (Å²) in [5.41, 5.74) is 3.66. The van der Waals surface area contributed by atoms with Crippen LogP contribution in [0.1, 0.15) is 15.4 Å². The molecular formula is C21H18ClN5OS. The monoisotopic (exact) mass is 423 g/mol. The summed E-state index contributed by atoms with van der Waals surface area (Å²) in [5, 5.41) is 2.86. The van der Waals surface area contributed by atoms with Crippen molar-refractivity contribution in [2.75, 3.05) is 7.05 Å². The van der Waals surface area contributed by atoms with Crippen molar-refractivity contribution < 1.29 is 4.79 Å². The van der Waals surface area contributed by atoms with E-state index in [0.29, 0.717) is 15.8 Å². The Bertz CT molecular complexity index is 1210. The minimum absolute atomic E-state index is 0.155. The molecule has 3 heterocycles. The van der Waals surface area contributed by atoms with Crippen LogP contribution in [0.3, 0.4) is 0 Å². The van der Waals surface area contributed by atoms with Crippen molar-refractivity contribution in [1.82, 2.24) is 19.4 Å². The number of nitrogens with one attached hydrogen (secondary N) is 1. The van der Waals surface area contributed by atoms with E-state index in [1.807, 2.05) is 64.0 Å². The largest absolute Gasteiger partial charge is 0.346 e. The van der Waals surface area contributed by atoms with Gasteiger partial charge in [0.25, 0.3) is 5.91 Å². The number of hydrogen-bond acceptors (Lipinski definition) is 4. The van der Waals surface area contributed by atoms with Gasteiger partial charge in [-0.25, -0.2) is 4.98 Å². The van der Waals surface area contributed by atoms with E-state index in [-0.39, 0.29) is 5.91 Å². The third-order valence-corrected chi connectivity index (χ3v) is 5.59. The van der Waals surface area contributed by atoms with Gasteiger partial charge in [0.1, 0.15) is 5.49 Å². The predicted octanol–water partition coefficient (Wildman–Crippen LogP) is 3.84. The van der Waals surface area contributed by atoms with Gasteiger partial charge in [0.2, 0.25) is 0 Å². The molecule has 4 aromatic rings. The summed E-state index contributed by atoms with van der Waals surface area (Å²) in [7, 11) is 1.78. The molecule has 0 aliphatic rings. The molecule has 8 heteroatoms. The fourth-order valence-corrected chi connectivity index (χ4v) is 3.87. The maximum atomic E-state index is 12.1. The number of benzene rings is 1. The Morgan fingerprint density at radius 2 is 1.93 bits per heavy atom. The summed E-state index contributed by atoms with van der Waals surface area (Å²) in [6.07, 6.45) is 5.62.